The highest BCUT2D eigenvalue weighted by Crippen LogP contribution is 2.41. The predicted octanol–water partition coefficient (Wildman–Crippen LogP) is 0.0872. The Bertz CT molecular complexity index is 391. The van der Waals surface area contributed by atoms with Crippen molar-refractivity contribution in [3.63, 3.8) is 0 Å². The summed E-state index contributed by atoms with van der Waals surface area (Å²) in [5, 5.41) is 10.6. The van der Waals surface area contributed by atoms with Crippen molar-refractivity contribution in [1.82, 2.24) is 4.90 Å². The van der Waals surface area contributed by atoms with Crippen LogP contribution in [0.4, 0.5) is 4.79 Å². The van der Waals surface area contributed by atoms with Gasteiger partial charge in [0.2, 0.25) is 0 Å². The van der Waals surface area contributed by atoms with E-state index in [1.807, 2.05) is 0 Å². The highest BCUT2D eigenvalue weighted by atomic mass is 16.6. The molecule has 0 spiro atoms. The zero-order valence-corrected chi connectivity index (χ0v) is 8.76. The number of hydrogen-bond donors (Lipinski definition) is 1. The second-order valence-corrected chi connectivity index (χ2v) is 4.66. The molecule has 1 N–H and O–H groups in total. The highest BCUT2D eigenvalue weighted by Gasteiger charge is 2.54. The van der Waals surface area contributed by atoms with Crippen molar-refractivity contribution in [3.8, 4) is 0 Å². The van der Waals surface area contributed by atoms with Crippen molar-refractivity contribution in [1.29, 1.82) is 0 Å². The molecule has 1 aliphatic carbocycles. The summed E-state index contributed by atoms with van der Waals surface area (Å²) in [7, 11) is 0. The van der Waals surface area contributed by atoms with Gasteiger partial charge in [0.1, 0.15) is 18.2 Å². The molecule has 0 aromatic rings. The number of aliphatic hydroxyl groups is 1. The highest BCUT2D eigenvalue weighted by molar-refractivity contribution is 5.91. The number of fused-ring (bicyclic) bond motifs is 3. The first kappa shape index (κ1) is 9.84. The van der Waals surface area contributed by atoms with Gasteiger partial charge < -0.3 is 9.84 Å². The number of piperidine rings is 1. The maximum Gasteiger partial charge on any atom is 0.410 e. The molecule has 0 radical (unpaired) electrons. The van der Waals surface area contributed by atoms with E-state index < -0.39 is 5.60 Å². The van der Waals surface area contributed by atoms with Crippen LogP contribution in [0.25, 0.3) is 0 Å². The SMILES string of the molecule is O=C1C=C[C@@]2(O)[C@@H](CCN3C(=O)OC[C@H]32)C1. The molecule has 0 aromatic heterocycles. The summed E-state index contributed by atoms with van der Waals surface area (Å²) in [6, 6.07) is -0.330. The zero-order valence-electron chi connectivity index (χ0n) is 8.76. The third-order valence-electron chi connectivity index (χ3n) is 3.87. The quantitative estimate of drug-likeness (QED) is 0.632. The van der Waals surface area contributed by atoms with Crippen LogP contribution >= 0.6 is 0 Å². The lowest BCUT2D eigenvalue weighted by molar-refractivity contribution is -0.123. The number of hydrogen-bond acceptors (Lipinski definition) is 4. The first-order valence-electron chi connectivity index (χ1n) is 5.49. The molecule has 3 aliphatic rings. The van der Waals surface area contributed by atoms with E-state index in [0.29, 0.717) is 19.4 Å². The Balaban J connectivity index is 1.98. The number of allylic oxidation sites excluding steroid dienone is 1. The fourth-order valence-corrected chi connectivity index (χ4v) is 2.93. The molecule has 0 unspecified atom stereocenters. The van der Waals surface area contributed by atoms with E-state index in [-0.39, 0.29) is 30.4 Å². The van der Waals surface area contributed by atoms with E-state index in [1.54, 1.807) is 11.0 Å². The Hall–Kier alpha value is -1.36. The van der Waals surface area contributed by atoms with Gasteiger partial charge in [-0.25, -0.2) is 4.79 Å². The van der Waals surface area contributed by atoms with Crippen molar-refractivity contribution >= 4 is 11.9 Å². The molecule has 0 saturated carbocycles. The summed E-state index contributed by atoms with van der Waals surface area (Å²) in [6.07, 6.45) is 3.62. The minimum atomic E-state index is -1.08. The molecule has 86 valence electrons. The molecule has 3 rings (SSSR count). The maximum atomic E-state index is 11.4. The van der Waals surface area contributed by atoms with Gasteiger partial charge in [0, 0.05) is 18.9 Å². The largest absolute Gasteiger partial charge is 0.447 e. The average Bonchev–Trinajstić information content (AvgIpc) is 2.63. The lowest BCUT2D eigenvalue weighted by atomic mass is 9.70. The molecule has 1 amide bonds. The molecule has 3 atom stereocenters. The van der Waals surface area contributed by atoms with Crippen LogP contribution in [0.5, 0.6) is 0 Å². The van der Waals surface area contributed by atoms with Gasteiger partial charge in [0.05, 0.1) is 0 Å². The fraction of sp³-hybridized carbons (Fsp3) is 0.636. The molecule has 2 heterocycles. The molecular formula is C11H13NO4. The molecular weight excluding hydrogens is 210 g/mol. The van der Waals surface area contributed by atoms with Gasteiger partial charge in [-0.3, -0.25) is 9.69 Å². The van der Waals surface area contributed by atoms with Gasteiger partial charge in [0.15, 0.2) is 5.78 Å². The Morgan fingerprint density at radius 2 is 2.31 bits per heavy atom. The number of rotatable bonds is 0. The molecule has 2 aliphatic heterocycles. The van der Waals surface area contributed by atoms with Crippen molar-refractivity contribution in [2.75, 3.05) is 13.2 Å². The molecule has 0 aromatic carbocycles. The number of cyclic esters (lactones) is 1. The van der Waals surface area contributed by atoms with Gasteiger partial charge in [0.25, 0.3) is 0 Å². The Labute approximate surface area is 92.7 Å². The van der Waals surface area contributed by atoms with Crippen LogP contribution in [-0.4, -0.2) is 46.7 Å². The minimum absolute atomic E-state index is 0.0494. The number of amides is 1. The Morgan fingerprint density at radius 1 is 1.50 bits per heavy atom. The number of carbonyl (C=O) groups excluding carboxylic acids is 2. The van der Waals surface area contributed by atoms with Crippen molar-refractivity contribution in [3.05, 3.63) is 12.2 Å². The van der Waals surface area contributed by atoms with E-state index in [2.05, 4.69) is 0 Å². The lowest BCUT2D eigenvalue weighted by Gasteiger charge is -2.46. The van der Waals surface area contributed by atoms with Gasteiger partial charge in [-0.15, -0.1) is 0 Å². The molecule has 5 heteroatoms. The van der Waals surface area contributed by atoms with Crippen LogP contribution in [0.2, 0.25) is 0 Å². The molecule has 2 fully saturated rings. The van der Waals surface area contributed by atoms with E-state index in [0.717, 1.165) is 0 Å². The Morgan fingerprint density at radius 3 is 3.12 bits per heavy atom. The summed E-state index contributed by atoms with van der Waals surface area (Å²) in [4.78, 5) is 24.3. The number of carbonyl (C=O) groups is 2. The summed E-state index contributed by atoms with van der Waals surface area (Å²) in [6.45, 7) is 0.780. The summed E-state index contributed by atoms with van der Waals surface area (Å²) in [5.74, 6) is -0.0332. The van der Waals surface area contributed by atoms with Crippen LogP contribution in [0.15, 0.2) is 12.2 Å². The van der Waals surface area contributed by atoms with Gasteiger partial charge in [-0.1, -0.05) is 0 Å². The summed E-state index contributed by atoms with van der Waals surface area (Å²) < 4.78 is 4.95. The van der Waals surface area contributed by atoms with Crippen LogP contribution in [0.1, 0.15) is 12.8 Å². The third kappa shape index (κ3) is 1.15. The molecule has 5 nitrogen and oxygen atoms in total. The van der Waals surface area contributed by atoms with E-state index in [9.17, 15) is 14.7 Å². The van der Waals surface area contributed by atoms with Gasteiger partial charge in [-0.2, -0.15) is 0 Å². The standard InChI is InChI=1S/C11H13NO4/c13-8-1-3-11(15)7(5-8)2-4-12-9(11)6-16-10(12)14/h1,3,7,9,15H,2,4-6H2/t7-,9-,11+/m0/s1. The average molecular weight is 223 g/mol. The summed E-state index contributed by atoms with van der Waals surface area (Å²) >= 11 is 0. The van der Waals surface area contributed by atoms with Crippen molar-refractivity contribution in [2.45, 2.75) is 24.5 Å². The molecule has 2 saturated heterocycles. The third-order valence-corrected chi connectivity index (χ3v) is 3.87. The van der Waals surface area contributed by atoms with Crippen LogP contribution in [0.3, 0.4) is 0 Å². The second-order valence-electron chi connectivity index (χ2n) is 4.66. The van der Waals surface area contributed by atoms with Gasteiger partial charge in [-0.05, 0) is 18.6 Å². The van der Waals surface area contributed by atoms with Crippen molar-refractivity contribution in [2.24, 2.45) is 5.92 Å². The van der Waals surface area contributed by atoms with E-state index in [1.165, 1.54) is 6.08 Å². The zero-order chi connectivity index (χ0) is 11.3. The van der Waals surface area contributed by atoms with E-state index in [4.69, 9.17) is 4.74 Å². The Kier molecular flexibility index (Phi) is 1.89. The van der Waals surface area contributed by atoms with Crippen LogP contribution in [-0.2, 0) is 9.53 Å². The van der Waals surface area contributed by atoms with Crippen molar-refractivity contribution < 1.29 is 19.4 Å². The maximum absolute atomic E-state index is 11.4. The topological polar surface area (TPSA) is 66.8 Å². The predicted molar refractivity (Wildman–Crippen MR) is 53.7 cm³/mol. The van der Waals surface area contributed by atoms with Crippen LogP contribution < -0.4 is 0 Å². The normalized spacial score (nSPS) is 41.7. The molecule has 0 bridgehead atoms. The summed E-state index contributed by atoms with van der Waals surface area (Å²) in [5.41, 5.74) is -1.08. The number of ketones is 1. The second kappa shape index (κ2) is 3.07. The minimum Gasteiger partial charge on any atom is -0.447 e. The first-order valence-corrected chi connectivity index (χ1v) is 5.49. The lowest BCUT2D eigenvalue weighted by Crippen LogP contribution is -2.60. The number of nitrogens with zero attached hydrogens (tertiary/aromatic N) is 1. The smallest absolute Gasteiger partial charge is 0.410 e. The fourth-order valence-electron chi connectivity index (χ4n) is 2.93. The first-order chi connectivity index (χ1) is 7.61. The van der Waals surface area contributed by atoms with Crippen LogP contribution in [0, 0.1) is 5.92 Å². The van der Waals surface area contributed by atoms with E-state index >= 15 is 0 Å². The number of ether oxygens (including phenoxy) is 1. The molecule has 16 heavy (non-hydrogen) atoms. The monoisotopic (exact) mass is 223 g/mol. The van der Waals surface area contributed by atoms with Gasteiger partial charge >= 0.3 is 6.09 Å².